The average molecular weight is 205 g/mol. The summed E-state index contributed by atoms with van der Waals surface area (Å²) in [6.45, 7) is 0. The number of hydrogen-bond donors (Lipinski definition) is 2. The molecule has 1 saturated carbocycles. The standard InChI is InChI=1S/C11H12FN3/c12-8-1-2-11(7(3-8)6-13)15-10-4-9(14)5-10/h1-3,9-10,15H,4-5,14H2. The van der Waals surface area contributed by atoms with Gasteiger partial charge in [-0.15, -0.1) is 0 Å². The molecule has 0 unspecified atom stereocenters. The summed E-state index contributed by atoms with van der Waals surface area (Å²) >= 11 is 0. The third-order valence-corrected chi connectivity index (χ3v) is 2.64. The zero-order valence-corrected chi connectivity index (χ0v) is 8.20. The molecule has 0 amide bonds. The van der Waals surface area contributed by atoms with E-state index in [2.05, 4.69) is 5.32 Å². The number of hydrogen-bond acceptors (Lipinski definition) is 3. The number of nitrogens with two attached hydrogens (primary N) is 1. The summed E-state index contributed by atoms with van der Waals surface area (Å²) in [4.78, 5) is 0. The molecule has 1 fully saturated rings. The second-order valence-electron chi connectivity index (χ2n) is 3.87. The average Bonchev–Trinajstić information content (AvgIpc) is 2.18. The highest BCUT2D eigenvalue weighted by molar-refractivity contribution is 5.58. The molecule has 78 valence electrons. The molecule has 3 N–H and O–H groups in total. The van der Waals surface area contributed by atoms with Crippen LogP contribution in [0.1, 0.15) is 18.4 Å². The Morgan fingerprint density at radius 3 is 2.80 bits per heavy atom. The van der Waals surface area contributed by atoms with Crippen molar-refractivity contribution in [3.05, 3.63) is 29.6 Å². The van der Waals surface area contributed by atoms with E-state index in [4.69, 9.17) is 11.0 Å². The lowest BCUT2D eigenvalue weighted by atomic mass is 9.87. The highest BCUT2D eigenvalue weighted by Crippen LogP contribution is 2.24. The fourth-order valence-electron chi connectivity index (χ4n) is 1.73. The van der Waals surface area contributed by atoms with Crippen molar-refractivity contribution in [1.82, 2.24) is 0 Å². The van der Waals surface area contributed by atoms with E-state index < -0.39 is 0 Å². The summed E-state index contributed by atoms with van der Waals surface area (Å²) in [6, 6.07) is 6.72. The number of nitrogens with one attached hydrogen (secondary N) is 1. The molecule has 3 nitrogen and oxygen atoms in total. The number of nitrogens with zero attached hydrogens (tertiary/aromatic N) is 1. The van der Waals surface area contributed by atoms with E-state index in [1.807, 2.05) is 6.07 Å². The third-order valence-electron chi connectivity index (χ3n) is 2.64. The molecule has 1 aromatic carbocycles. The molecular weight excluding hydrogens is 193 g/mol. The predicted molar refractivity (Wildman–Crippen MR) is 55.7 cm³/mol. The molecular formula is C11H12FN3. The summed E-state index contributed by atoms with van der Waals surface area (Å²) in [7, 11) is 0. The zero-order valence-electron chi connectivity index (χ0n) is 8.20. The van der Waals surface area contributed by atoms with Gasteiger partial charge in [0.2, 0.25) is 0 Å². The number of anilines is 1. The van der Waals surface area contributed by atoms with E-state index >= 15 is 0 Å². The Bertz CT molecular complexity index is 405. The van der Waals surface area contributed by atoms with Gasteiger partial charge in [0.15, 0.2) is 0 Å². The molecule has 1 aliphatic carbocycles. The molecule has 1 aliphatic rings. The third kappa shape index (κ3) is 2.08. The van der Waals surface area contributed by atoms with Crippen molar-refractivity contribution in [3.8, 4) is 6.07 Å². The Morgan fingerprint density at radius 2 is 2.20 bits per heavy atom. The van der Waals surface area contributed by atoms with Crippen molar-refractivity contribution in [2.75, 3.05) is 5.32 Å². The molecule has 0 bridgehead atoms. The van der Waals surface area contributed by atoms with Crippen LogP contribution in [0.5, 0.6) is 0 Å². The van der Waals surface area contributed by atoms with Crippen molar-refractivity contribution in [2.24, 2.45) is 5.73 Å². The first kappa shape index (κ1) is 9.94. The summed E-state index contributed by atoms with van der Waals surface area (Å²) < 4.78 is 12.8. The van der Waals surface area contributed by atoms with E-state index in [9.17, 15) is 4.39 Å². The molecule has 0 heterocycles. The minimum Gasteiger partial charge on any atom is -0.381 e. The molecule has 2 rings (SSSR count). The van der Waals surface area contributed by atoms with E-state index in [-0.39, 0.29) is 11.9 Å². The van der Waals surface area contributed by atoms with Crippen LogP contribution in [0.15, 0.2) is 18.2 Å². The summed E-state index contributed by atoms with van der Waals surface area (Å²) in [5, 5.41) is 12.0. The van der Waals surface area contributed by atoms with Gasteiger partial charge in [0, 0.05) is 12.1 Å². The van der Waals surface area contributed by atoms with Crippen molar-refractivity contribution < 1.29 is 4.39 Å². The van der Waals surface area contributed by atoms with Crippen molar-refractivity contribution in [3.63, 3.8) is 0 Å². The Hall–Kier alpha value is -1.60. The largest absolute Gasteiger partial charge is 0.381 e. The van der Waals surface area contributed by atoms with Crippen LogP contribution < -0.4 is 11.1 Å². The Morgan fingerprint density at radius 1 is 1.47 bits per heavy atom. The Balaban J connectivity index is 2.11. The van der Waals surface area contributed by atoms with Crippen LogP contribution in [0.3, 0.4) is 0 Å². The molecule has 4 heteroatoms. The maximum atomic E-state index is 12.8. The maximum absolute atomic E-state index is 12.8. The Labute approximate surface area is 87.7 Å². The molecule has 0 saturated heterocycles. The van der Waals surface area contributed by atoms with Crippen LogP contribution in [-0.2, 0) is 0 Å². The van der Waals surface area contributed by atoms with Gasteiger partial charge in [0.05, 0.1) is 11.3 Å². The minimum atomic E-state index is -0.387. The molecule has 1 aromatic rings. The summed E-state index contributed by atoms with van der Waals surface area (Å²) in [6.07, 6.45) is 1.81. The molecule has 0 aromatic heterocycles. The quantitative estimate of drug-likeness (QED) is 0.770. The van der Waals surface area contributed by atoms with Crippen molar-refractivity contribution >= 4 is 5.69 Å². The van der Waals surface area contributed by atoms with Crippen LogP contribution in [-0.4, -0.2) is 12.1 Å². The molecule has 0 aliphatic heterocycles. The van der Waals surface area contributed by atoms with Gasteiger partial charge < -0.3 is 11.1 Å². The predicted octanol–water partition coefficient (Wildman–Crippen LogP) is 1.60. The minimum absolute atomic E-state index is 0.258. The van der Waals surface area contributed by atoms with Crippen LogP contribution in [0.2, 0.25) is 0 Å². The van der Waals surface area contributed by atoms with Crippen LogP contribution in [0.25, 0.3) is 0 Å². The van der Waals surface area contributed by atoms with Gasteiger partial charge in [-0.2, -0.15) is 5.26 Å². The van der Waals surface area contributed by atoms with Gasteiger partial charge in [-0.25, -0.2) is 4.39 Å². The van der Waals surface area contributed by atoms with Gasteiger partial charge >= 0.3 is 0 Å². The van der Waals surface area contributed by atoms with Gasteiger partial charge in [0.25, 0.3) is 0 Å². The maximum Gasteiger partial charge on any atom is 0.124 e. The first-order chi connectivity index (χ1) is 7.19. The van der Waals surface area contributed by atoms with E-state index in [0.717, 1.165) is 12.8 Å². The highest BCUT2D eigenvalue weighted by Gasteiger charge is 2.26. The van der Waals surface area contributed by atoms with Crippen molar-refractivity contribution in [1.29, 1.82) is 5.26 Å². The SMILES string of the molecule is N#Cc1cc(F)ccc1NC1CC(N)C1. The smallest absolute Gasteiger partial charge is 0.124 e. The molecule has 0 spiro atoms. The van der Waals surface area contributed by atoms with Crippen LogP contribution >= 0.6 is 0 Å². The van der Waals surface area contributed by atoms with E-state index in [1.54, 1.807) is 6.07 Å². The van der Waals surface area contributed by atoms with Gasteiger partial charge in [0.1, 0.15) is 11.9 Å². The fourth-order valence-corrected chi connectivity index (χ4v) is 1.73. The first-order valence-electron chi connectivity index (χ1n) is 4.91. The fraction of sp³-hybridized carbons (Fsp3) is 0.364. The number of halogens is 1. The molecule has 0 atom stereocenters. The van der Waals surface area contributed by atoms with E-state index in [0.29, 0.717) is 17.3 Å². The zero-order chi connectivity index (χ0) is 10.8. The number of nitriles is 1. The topological polar surface area (TPSA) is 61.8 Å². The Kier molecular flexibility index (Phi) is 2.57. The number of rotatable bonds is 2. The normalized spacial score (nSPS) is 24.1. The van der Waals surface area contributed by atoms with Crippen LogP contribution in [0.4, 0.5) is 10.1 Å². The monoisotopic (exact) mass is 205 g/mol. The molecule has 0 radical (unpaired) electrons. The first-order valence-corrected chi connectivity index (χ1v) is 4.91. The lowest BCUT2D eigenvalue weighted by Crippen LogP contribution is -2.44. The van der Waals surface area contributed by atoms with Gasteiger partial charge in [-0.1, -0.05) is 0 Å². The van der Waals surface area contributed by atoms with Crippen LogP contribution in [0, 0.1) is 17.1 Å². The van der Waals surface area contributed by atoms with E-state index in [1.165, 1.54) is 12.1 Å². The lowest BCUT2D eigenvalue weighted by Gasteiger charge is -2.34. The highest BCUT2D eigenvalue weighted by atomic mass is 19.1. The second-order valence-corrected chi connectivity index (χ2v) is 3.87. The van der Waals surface area contributed by atoms with Gasteiger partial charge in [-0.3, -0.25) is 0 Å². The summed E-state index contributed by atoms with van der Waals surface area (Å²) in [5.74, 6) is -0.387. The number of benzene rings is 1. The second kappa shape index (κ2) is 3.87. The lowest BCUT2D eigenvalue weighted by molar-refractivity contribution is 0.373. The molecule has 15 heavy (non-hydrogen) atoms. The summed E-state index contributed by atoms with van der Waals surface area (Å²) in [5.41, 5.74) is 6.69. The van der Waals surface area contributed by atoms with Gasteiger partial charge in [-0.05, 0) is 31.0 Å². The van der Waals surface area contributed by atoms with Crippen molar-refractivity contribution in [2.45, 2.75) is 24.9 Å².